The first kappa shape index (κ1) is 14.4. The van der Waals surface area contributed by atoms with Gasteiger partial charge in [0, 0.05) is 26.2 Å². The molecule has 0 spiro atoms. The summed E-state index contributed by atoms with van der Waals surface area (Å²) >= 11 is 0. The van der Waals surface area contributed by atoms with E-state index in [4.69, 9.17) is 5.73 Å². The molecule has 0 aliphatic carbocycles. The summed E-state index contributed by atoms with van der Waals surface area (Å²) in [6.45, 7) is 0.144. The molecule has 0 aliphatic rings. The molecule has 100 valence electrons. The fourth-order valence-electron chi connectivity index (χ4n) is 1.33. The minimum Gasteiger partial charge on any atom is -0.386 e. The highest BCUT2D eigenvalue weighted by molar-refractivity contribution is 7.89. The Morgan fingerprint density at radius 2 is 2.22 bits per heavy atom. The van der Waals surface area contributed by atoms with E-state index in [1.165, 1.54) is 6.20 Å². The van der Waals surface area contributed by atoms with Crippen molar-refractivity contribution in [3.05, 3.63) is 18.3 Å². The second-order valence-corrected chi connectivity index (χ2v) is 5.26. The Hall–Kier alpha value is -1.67. The number of sulfonamides is 1. The number of carbonyl (C=O) groups is 1. The van der Waals surface area contributed by atoms with E-state index in [-0.39, 0.29) is 18.0 Å². The van der Waals surface area contributed by atoms with Gasteiger partial charge in [-0.3, -0.25) is 4.79 Å². The molecule has 0 bridgehead atoms. The van der Waals surface area contributed by atoms with E-state index in [0.29, 0.717) is 12.1 Å². The number of hydrogen-bond acceptors (Lipinski definition) is 5. The Morgan fingerprint density at radius 1 is 1.50 bits per heavy atom. The number of amides is 1. The normalized spacial score (nSPS) is 11.2. The summed E-state index contributed by atoms with van der Waals surface area (Å²) in [5.74, 6) is -0.456. The zero-order chi connectivity index (χ0) is 13.6. The lowest BCUT2D eigenvalue weighted by molar-refractivity contribution is -0.118. The van der Waals surface area contributed by atoms with Gasteiger partial charge in [-0.1, -0.05) is 0 Å². The number of rotatable bonds is 7. The Bertz CT molecular complexity index is 516. The van der Waals surface area contributed by atoms with Crippen LogP contribution in [0.4, 0.5) is 5.69 Å². The van der Waals surface area contributed by atoms with Gasteiger partial charge in [0.15, 0.2) is 5.03 Å². The number of aromatic nitrogens is 1. The van der Waals surface area contributed by atoms with E-state index >= 15 is 0 Å². The highest BCUT2D eigenvalue weighted by atomic mass is 32.2. The van der Waals surface area contributed by atoms with Gasteiger partial charge in [0.2, 0.25) is 5.91 Å². The smallest absolute Gasteiger partial charge is 0.260 e. The quantitative estimate of drug-likeness (QED) is 0.588. The van der Waals surface area contributed by atoms with Gasteiger partial charge in [-0.25, -0.2) is 18.1 Å². The third-order valence-corrected chi connectivity index (χ3v) is 3.61. The zero-order valence-electron chi connectivity index (χ0n) is 10.0. The topological polar surface area (TPSA) is 114 Å². The number of primary amides is 1. The minimum absolute atomic E-state index is 0.0634. The molecule has 0 aromatic carbocycles. The first-order chi connectivity index (χ1) is 8.47. The van der Waals surface area contributed by atoms with E-state index in [9.17, 15) is 13.2 Å². The molecule has 1 amide bonds. The van der Waals surface area contributed by atoms with Crippen LogP contribution in [0.2, 0.25) is 0 Å². The molecular weight excluding hydrogens is 256 g/mol. The molecule has 1 heterocycles. The molecule has 1 rings (SSSR count). The zero-order valence-corrected chi connectivity index (χ0v) is 10.8. The molecule has 1 aromatic rings. The predicted molar refractivity (Wildman–Crippen MR) is 67.4 cm³/mol. The Kier molecular flexibility index (Phi) is 5.05. The standard InChI is InChI=1S/C10H16N4O3S/c1-12-8-4-2-6-13-10(8)18(16,17)14-7-3-5-9(11)15/h2,4,6,12,14H,3,5,7H2,1H3,(H2,11,15). The number of nitrogens with one attached hydrogen (secondary N) is 2. The molecule has 0 aliphatic heterocycles. The Morgan fingerprint density at radius 3 is 2.83 bits per heavy atom. The number of carbonyl (C=O) groups excluding carboxylic acids is 1. The molecule has 4 N–H and O–H groups in total. The molecule has 0 saturated heterocycles. The highest BCUT2D eigenvalue weighted by Crippen LogP contribution is 2.16. The Labute approximate surface area is 106 Å². The van der Waals surface area contributed by atoms with E-state index in [1.807, 2.05) is 0 Å². The summed E-state index contributed by atoms with van der Waals surface area (Å²) in [6, 6.07) is 3.25. The van der Waals surface area contributed by atoms with Crippen LogP contribution in [0, 0.1) is 0 Å². The first-order valence-electron chi connectivity index (χ1n) is 5.38. The molecule has 0 saturated carbocycles. The number of hydrogen-bond donors (Lipinski definition) is 3. The van der Waals surface area contributed by atoms with Crippen molar-refractivity contribution in [2.75, 3.05) is 18.9 Å². The van der Waals surface area contributed by atoms with Crippen molar-refractivity contribution in [3.8, 4) is 0 Å². The number of pyridine rings is 1. The number of nitrogens with zero attached hydrogens (tertiary/aromatic N) is 1. The summed E-state index contributed by atoms with van der Waals surface area (Å²) in [5, 5.41) is 2.69. The third kappa shape index (κ3) is 3.97. The van der Waals surface area contributed by atoms with Crippen molar-refractivity contribution in [1.29, 1.82) is 0 Å². The van der Waals surface area contributed by atoms with Gasteiger partial charge in [0.25, 0.3) is 10.0 Å². The van der Waals surface area contributed by atoms with E-state index < -0.39 is 15.9 Å². The van der Waals surface area contributed by atoms with Crippen molar-refractivity contribution in [2.45, 2.75) is 17.9 Å². The maximum absolute atomic E-state index is 11.9. The van der Waals surface area contributed by atoms with Crippen molar-refractivity contribution in [3.63, 3.8) is 0 Å². The van der Waals surface area contributed by atoms with Gasteiger partial charge in [-0.15, -0.1) is 0 Å². The SMILES string of the molecule is CNc1cccnc1S(=O)(=O)NCCCC(N)=O. The molecule has 0 fully saturated rings. The number of anilines is 1. The van der Waals surface area contributed by atoms with Crippen LogP contribution in [0.25, 0.3) is 0 Å². The molecule has 0 unspecified atom stereocenters. The molecule has 0 atom stereocenters. The average molecular weight is 272 g/mol. The van der Waals surface area contributed by atoms with Gasteiger partial charge < -0.3 is 11.1 Å². The molecule has 8 heteroatoms. The minimum atomic E-state index is -3.68. The van der Waals surface area contributed by atoms with E-state index in [2.05, 4.69) is 15.0 Å². The lowest BCUT2D eigenvalue weighted by Crippen LogP contribution is -2.27. The number of nitrogens with two attached hydrogens (primary N) is 1. The van der Waals surface area contributed by atoms with Crippen molar-refractivity contribution in [1.82, 2.24) is 9.71 Å². The van der Waals surface area contributed by atoms with Crippen LogP contribution >= 0.6 is 0 Å². The van der Waals surface area contributed by atoms with Crippen LogP contribution in [0.15, 0.2) is 23.4 Å². The molecular formula is C10H16N4O3S. The molecule has 0 radical (unpaired) electrons. The summed E-state index contributed by atoms with van der Waals surface area (Å²) < 4.78 is 26.2. The fourth-order valence-corrected chi connectivity index (χ4v) is 2.54. The fraction of sp³-hybridized carbons (Fsp3) is 0.400. The van der Waals surface area contributed by atoms with Crippen LogP contribution in [-0.4, -0.2) is 32.9 Å². The maximum Gasteiger partial charge on any atom is 0.260 e. The van der Waals surface area contributed by atoms with Gasteiger partial charge in [0.1, 0.15) is 0 Å². The van der Waals surface area contributed by atoms with Gasteiger partial charge in [0.05, 0.1) is 5.69 Å². The van der Waals surface area contributed by atoms with E-state index in [0.717, 1.165) is 0 Å². The van der Waals surface area contributed by atoms with Crippen LogP contribution < -0.4 is 15.8 Å². The Balaban J connectivity index is 2.71. The highest BCUT2D eigenvalue weighted by Gasteiger charge is 2.18. The maximum atomic E-state index is 11.9. The lowest BCUT2D eigenvalue weighted by Gasteiger charge is -2.09. The van der Waals surface area contributed by atoms with Gasteiger partial charge in [-0.05, 0) is 18.6 Å². The summed E-state index contributed by atoms with van der Waals surface area (Å²) in [5.41, 5.74) is 5.38. The van der Waals surface area contributed by atoms with Gasteiger partial charge >= 0.3 is 0 Å². The second kappa shape index (κ2) is 6.31. The van der Waals surface area contributed by atoms with Crippen molar-refractivity contribution >= 4 is 21.6 Å². The van der Waals surface area contributed by atoms with Crippen molar-refractivity contribution in [2.24, 2.45) is 5.73 Å². The largest absolute Gasteiger partial charge is 0.386 e. The van der Waals surface area contributed by atoms with Crippen LogP contribution in [-0.2, 0) is 14.8 Å². The lowest BCUT2D eigenvalue weighted by atomic mass is 10.3. The van der Waals surface area contributed by atoms with E-state index in [1.54, 1.807) is 19.2 Å². The summed E-state index contributed by atoms with van der Waals surface area (Å²) in [6.07, 6.45) is 1.90. The molecule has 7 nitrogen and oxygen atoms in total. The summed E-state index contributed by atoms with van der Waals surface area (Å²) in [4.78, 5) is 14.3. The molecule has 18 heavy (non-hydrogen) atoms. The van der Waals surface area contributed by atoms with Crippen LogP contribution in [0.3, 0.4) is 0 Å². The molecule has 1 aromatic heterocycles. The third-order valence-electron chi connectivity index (χ3n) is 2.19. The van der Waals surface area contributed by atoms with Crippen molar-refractivity contribution < 1.29 is 13.2 Å². The second-order valence-electron chi connectivity index (χ2n) is 3.57. The van der Waals surface area contributed by atoms with Gasteiger partial charge in [-0.2, -0.15) is 0 Å². The monoisotopic (exact) mass is 272 g/mol. The average Bonchev–Trinajstić information content (AvgIpc) is 2.34. The van der Waals surface area contributed by atoms with Crippen LogP contribution in [0.1, 0.15) is 12.8 Å². The predicted octanol–water partition coefficient (Wildman–Crippen LogP) is -0.333. The summed E-state index contributed by atoms with van der Waals surface area (Å²) in [7, 11) is -2.06. The first-order valence-corrected chi connectivity index (χ1v) is 6.86. The van der Waals surface area contributed by atoms with Crippen LogP contribution in [0.5, 0.6) is 0 Å².